The number of ether oxygens (including phenoxy) is 1. The fourth-order valence-corrected chi connectivity index (χ4v) is 4.64. The summed E-state index contributed by atoms with van der Waals surface area (Å²) >= 11 is 3.52. The number of carbonyl (C=O) groups excluding carboxylic acids is 1. The van der Waals surface area contributed by atoms with Crippen LogP contribution in [0.5, 0.6) is 0 Å². The first-order valence-corrected chi connectivity index (χ1v) is 11.9. The molecule has 0 aliphatic heterocycles. The van der Waals surface area contributed by atoms with E-state index < -0.39 is 0 Å². The molecule has 0 aromatic heterocycles. The third-order valence-electron chi connectivity index (χ3n) is 6.00. The van der Waals surface area contributed by atoms with Crippen LogP contribution in [-0.4, -0.2) is 12.6 Å². The Morgan fingerprint density at radius 1 is 1.10 bits per heavy atom. The molecule has 162 valence electrons. The minimum absolute atomic E-state index is 0.121. The smallest absolute Gasteiger partial charge is 0.306 e. The molecule has 2 aromatic rings. The molecule has 0 saturated heterocycles. The summed E-state index contributed by atoms with van der Waals surface area (Å²) < 4.78 is 6.44. The molecule has 2 aromatic carbocycles. The van der Waals surface area contributed by atoms with Crippen LogP contribution in [0.2, 0.25) is 0 Å². The van der Waals surface area contributed by atoms with Crippen molar-refractivity contribution in [2.24, 2.45) is 0 Å². The normalized spacial score (nSPS) is 14.0. The van der Waals surface area contributed by atoms with Gasteiger partial charge in [-0.1, -0.05) is 84.2 Å². The van der Waals surface area contributed by atoms with Crippen molar-refractivity contribution in [1.29, 1.82) is 0 Å². The first-order valence-electron chi connectivity index (χ1n) is 11.1. The van der Waals surface area contributed by atoms with Gasteiger partial charge in [0, 0.05) is 9.89 Å². The third-order valence-corrected chi connectivity index (χ3v) is 6.53. The minimum Gasteiger partial charge on any atom is -0.466 e. The summed E-state index contributed by atoms with van der Waals surface area (Å²) in [5.41, 5.74) is 2.37. The number of rotatable bonds is 13. The van der Waals surface area contributed by atoms with Gasteiger partial charge in [0.1, 0.15) is 0 Å². The maximum absolute atomic E-state index is 12.4. The quantitative estimate of drug-likeness (QED) is 0.168. The Labute approximate surface area is 190 Å². The highest BCUT2D eigenvalue weighted by atomic mass is 79.9. The number of allylic oxidation sites excluding steroid dienone is 1. The van der Waals surface area contributed by atoms with E-state index in [1.807, 2.05) is 19.1 Å². The molecule has 0 aliphatic carbocycles. The molecule has 2 atom stereocenters. The van der Waals surface area contributed by atoms with Crippen molar-refractivity contribution >= 4 is 21.9 Å². The Hall–Kier alpha value is -1.87. The molecule has 2 rings (SSSR count). The van der Waals surface area contributed by atoms with E-state index in [1.165, 1.54) is 11.1 Å². The van der Waals surface area contributed by atoms with Crippen LogP contribution in [0.1, 0.15) is 75.8 Å². The fraction of sp³-hybridized carbons (Fsp3) is 0.444. The van der Waals surface area contributed by atoms with E-state index in [-0.39, 0.29) is 11.4 Å². The third kappa shape index (κ3) is 7.12. The minimum atomic E-state index is -0.241. The lowest BCUT2D eigenvalue weighted by Gasteiger charge is -2.33. The monoisotopic (exact) mass is 470 g/mol. The predicted molar refractivity (Wildman–Crippen MR) is 130 cm³/mol. The van der Waals surface area contributed by atoms with Crippen LogP contribution < -0.4 is 0 Å². The van der Waals surface area contributed by atoms with Crippen molar-refractivity contribution in [3.63, 3.8) is 0 Å². The molecule has 0 fully saturated rings. The fourth-order valence-electron chi connectivity index (χ4n) is 4.38. The van der Waals surface area contributed by atoms with Gasteiger partial charge in [0.25, 0.3) is 0 Å². The second kappa shape index (κ2) is 12.7. The number of halogens is 1. The number of hydrogen-bond acceptors (Lipinski definition) is 2. The number of carbonyl (C=O) groups is 1. The topological polar surface area (TPSA) is 26.3 Å². The van der Waals surface area contributed by atoms with E-state index in [4.69, 9.17) is 4.74 Å². The summed E-state index contributed by atoms with van der Waals surface area (Å²) in [4.78, 5) is 12.4. The second-order valence-electron chi connectivity index (χ2n) is 8.02. The zero-order valence-corrected chi connectivity index (χ0v) is 20.0. The molecule has 0 spiro atoms. The van der Waals surface area contributed by atoms with E-state index >= 15 is 0 Å². The Bertz CT molecular complexity index is 769. The van der Waals surface area contributed by atoms with Gasteiger partial charge < -0.3 is 4.74 Å². The maximum atomic E-state index is 12.4. The van der Waals surface area contributed by atoms with Gasteiger partial charge in [0.05, 0.1) is 13.0 Å². The van der Waals surface area contributed by atoms with E-state index in [0.717, 1.165) is 43.0 Å². The van der Waals surface area contributed by atoms with Gasteiger partial charge in [-0.25, -0.2) is 0 Å². The summed E-state index contributed by atoms with van der Waals surface area (Å²) in [5, 5.41) is 0. The van der Waals surface area contributed by atoms with Crippen molar-refractivity contribution in [1.82, 2.24) is 0 Å². The molecular formula is C27H35BrO2. The van der Waals surface area contributed by atoms with E-state index in [9.17, 15) is 4.79 Å². The van der Waals surface area contributed by atoms with Crippen LogP contribution >= 0.6 is 15.9 Å². The number of esters is 1. The SMILES string of the molecule is C=CCC(CCCC[C@@H](CC)c1ccc(Br)cc1)(CC(=O)OCC)c1ccccc1. The standard InChI is InChI=1S/C27H35BrO2/c1-4-19-27(21-26(29)30-6-3,24-13-8-7-9-14-24)20-11-10-12-22(5-2)23-15-17-25(28)18-16-23/h4,7-9,13-18,22H,1,5-6,10-12,19-21H2,2-3H3/t22-,27?/m1/s1. The summed E-state index contributed by atoms with van der Waals surface area (Å²) in [7, 11) is 0. The van der Waals surface area contributed by atoms with Crippen LogP contribution in [0, 0.1) is 0 Å². The lowest BCUT2D eigenvalue weighted by atomic mass is 9.71. The van der Waals surface area contributed by atoms with Crippen LogP contribution in [0.25, 0.3) is 0 Å². The van der Waals surface area contributed by atoms with Crippen LogP contribution in [-0.2, 0) is 14.9 Å². The molecule has 0 radical (unpaired) electrons. The molecule has 0 saturated carbocycles. The van der Waals surface area contributed by atoms with Crippen molar-refractivity contribution in [2.45, 2.75) is 70.1 Å². The van der Waals surface area contributed by atoms with E-state index in [2.05, 4.69) is 78.0 Å². The first kappa shape index (κ1) is 24.4. The summed E-state index contributed by atoms with van der Waals surface area (Å²) in [6.45, 7) is 8.53. The molecule has 0 N–H and O–H groups in total. The summed E-state index contributed by atoms with van der Waals surface area (Å²) in [5.74, 6) is 0.457. The van der Waals surface area contributed by atoms with Gasteiger partial charge in [-0.2, -0.15) is 0 Å². The average molecular weight is 471 g/mol. The first-order chi connectivity index (χ1) is 14.5. The van der Waals surface area contributed by atoms with Crippen molar-refractivity contribution in [3.05, 3.63) is 82.9 Å². The Morgan fingerprint density at radius 3 is 2.40 bits per heavy atom. The van der Waals surface area contributed by atoms with Crippen LogP contribution in [0.15, 0.2) is 71.7 Å². The lowest BCUT2D eigenvalue weighted by molar-refractivity contribution is -0.144. The van der Waals surface area contributed by atoms with Crippen molar-refractivity contribution in [2.75, 3.05) is 6.61 Å². The summed E-state index contributed by atoms with van der Waals surface area (Å²) in [6, 6.07) is 19.1. The summed E-state index contributed by atoms with van der Waals surface area (Å²) in [6.07, 6.45) is 8.61. The highest BCUT2D eigenvalue weighted by Gasteiger charge is 2.33. The van der Waals surface area contributed by atoms with Crippen LogP contribution in [0.4, 0.5) is 0 Å². The average Bonchev–Trinajstić information content (AvgIpc) is 2.75. The number of unbranched alkanes of at least 4 members (excludes halogenated alkanes) is 1. The molecule has 0 bridgehead atoms. The molecular weight excluding hydrogens is 436 g/mol. The molecule has 0 aliphatic rings. The Balaban J connectivity index is 2.08. The maximum Gasteiger partial charge on any atom is 0.306 e. The highest BCUT2D eigenvalue weighted by molar-refractivity contribution is 9.10. The van der Waals surface area contributed by atoms with Crippen molar-refractivity contribution < 1.29 is 9.53 Å². The zero-order valence-electron chi connectivity index (χ0n) is 18.4. The van der Waals surface area contributed by atoms with Gasteiger partial charge in [-0.15, -0.1) is 6.58 Å². The number of hydrogen-bond donors (Lipinski definition) is 0. The predicted octanol–water partition coefficient (Wildman–Crippen LogP) is 7.97. The molecule has 2 nitrogen and oxygen atoms in total. The van der Waals surface area contributed by atoms with Gasteiger partial charge in [0.15, 0.2) is 0 Å². The molecule has 30 heavy (non-hydrogen) atoms. The zero-order chi connectivity index (χ0) is 21.8. The molecule has 0 amide bonds. The largest absolute Gasteiger partial charge is 0.466 e. The highest BCUT2D eigenvalue weighted by Crippen LogP contribution is 2.39. The van der Waals surface area contributed by atoms with Gasteiger partial charge in [0.2, 0.25) is 0 Å². The Kier molecular flexibility index (Phi) is 10.4. The van der Waals surface area contributed by atoms with Crippen LogP contribution in [0.3, 0.4) is 0 Å². The second-order valence-corrected chi connectivity index (χ2v) is 8.94. The molecule has 1 unspecified atom stereocenters. The lowest BCUT2D eigenvalue weighted by Crippen LogP contribution is -2.30. The molecule has 3 heteroatoms. The number of benzene rings is 2. The molecule has 0 heterocycles. The van der Waals surface area contributed by atoms with E-state index in [0.29, 0.717) is 18.9 Å². The van der Waals surface area contributed by atoms with Gasteiger partial charge >= 0.3 is 5.97 Å². The Morgan fingerprint density at radius 2 is 1.80 bits per heavy atom. The van der Waals surface area contributed by atoms with Gasteiger partial charge in [-0.3, -0.25) is 4.79 Å². The van der Waals surface area contributed by atoms with Crippen molar-refractivity contribution in [3.8, 4) is 0 Å². The van der Waals surface area contributed by atoms with E-state index in [1.54, 1.807) is 0 Å². The van der Waals surface area contributed by atoms with Gasteiger partial charge in [-0.05, 0) is 61.8 Å².